The normalized spacial score (nSPS) is 16.5. The predicted molar refractivity (Wildman–Crippen MR) is 101 cm³/mol. The van der Waals surface area contributed by atoms with Crippen LogP contribution < -0.4 is 5.32 Å². The summed E-state index contributed by atoms with van der Waals surface area (Å²) >= 11 is 7.25. The molecule has 2 aromatic rings. The third-order valence-corrected chi connectivity index (χ3v) is 5.19. The summed E-state index contributed by atoms with van der Waals surface area (Å²) in [7, 11) is 0. The number of halogens is 1. The molecule has 3 rings (SSSR count). The van der Waals surface area contributed by atoms with Crippen molar-refractivity contribution in [2.45, 2.75) is 32.4 Å². The lowest BCUT2D eigenvalue weighted by atomic mass is 10.1. The first kappa shape index (κ1) is 18.9. The fourth-order valence-electron chi connectivity index (χ4n) is 2.79. The number of amides is 2. The second-order valence-corrected chi connectivity index (χ2v) is 8.58. The van der Waals surface area contributed by atoms with Gasteiger partial charge in [-0.15, -0.1) is 11.3 Å². The summed E-state index contributed by atoms with van der Waals surface area (Å²) in [5.74, 6) is -0.167. The lowest BCUT2D eigenvalue weighted by Crippen LogP contribution is -2.51. The third kappa shape index (κ3) is 5.06. The van der Waals surface area contributed by atoms with E-state index in [2.05, 4.69) is 10.4 Å². The Kier molecular flexibility index (Phi) is 5.64. The molecule has 0 spiro atoms. The number of nitrogens with one attached hydrogen (secondary N) is 1. The van der Waals surface area contributed by atoms with Crippen LogP contribution in [0.25, 0.3) is 0 Å². The average molecular weight is 397 g/mol. The van der Waals surface area contributed by atoms with E-state index in [4.69, 9.17) is 16.3 Å². The molecule has 0 bridgehead atoms. The van der Waals surface area contributed by atoms with E-state index in [-0.39, 0.29) is 30.4 Å². The summed E-state index contributed by atoms with van der Waals surface area (Å²) in [5.41, 5.74) is 0.231. The molecule has 0 atom stereocenters. The number of morpholine rings is 1. The molecule has 26 heavy (non-hydrogen) atoms. The monoisotopic (exact) mass is 396 g/mol. The molecule has 0 radical (unpaired) electrons. The van der Waals surface area contributed by atoms with Crippen molar-refractivity contribution in [1.29, 1.82) is 0 Å². The number of thiophene rings is 1. The molecule has 1 fully saturated rings. The number of carbonyl (C=O) groups excluding carboxylic acids is 2. The van der Waals surface area contributed by atoms with E-state index in [0.29, 0.717) is 29.7 Å². The van der Waals surface area contributed by atoms with Gasteiger partial charge in [-0.3, -0.25) is 14.3 Å². The Morgan fingerprint density at radius 2 is 2.23 bits per heavy atom. The van der Waals surface area contributed by atoms with Crippen molar-refractivity contribution in [3.63, 3.8) is 0 Å². The van der Waals surface area contributed by atoms with Crippen molar-refractivity contribution in [2.75, 3.05) is 25.0 Å². The smallest absolute Gasteiger partial charge is 0.244 e. The van der Waals surface area contributed by atoms with Crippen LogP contribution in [0.3, 0.4) is 0 Å². The van der Waals surface area contributed by atoms with Gasteiger partial charge in [-0.25, -0.2) is 0 Å². The van der Waals surface area contributed by atoms with Gasteiger partial charge in [-0.2, -0.15) is 5.10 Å². The summed E-state index contributed by atoms with van der Waals surface area (Å²) in [6, 6.07) is 3.60. The molecule has 2 aromatic heterocycles. The molecule has 1 N–H and O–H groups in total. The van der Waals surface area contributed by atoms with Crippen molar-refractivity contribution in [3.8, 4) is 0 Å². The van der Waals surface area contributed by atoms with E-state index in [1.165, 1.54) is 22.2 Å². The first-order chi connectivity index (χ1) is 12.3. The van der Waals surface area contributed by atoms with Crippen LogP contribution in [0.2, 0.25) is 4.34 Å². The van der Waals surface area contributed by atoms with E-state index >= 15 is 0 Å². The number of rotatable bonds is 5. The number of anilines is 1. The molecule has 140 valence electrons. The fourth-order valence-corrected chi connectivity index (χ4v) is 3.88. The van der Waals surface area contributed by atoms with Crippen molar-refractivity contribution < 1.29 is 14.3 Å². The van der Waals surface area contributed by atoms with Crippen LogP contribution in [-0.4, -0.2) is 51.8 Å². The number of aromatic nitrogens is 2. The SMILES string of the molecule is CC1(C)CN(C(=O)Cn2cc(NC(=O)Cc3ccc(Cl)s3)cn2)CCO1. The molecule has 0 aromatic carbocycles. The number of carbonyl (C=O) groups is 2. The molecule has 7 nitrogen and oxygen atoms in total. The first-order valence-electron chi connectivity index (χ1n) is 8.29. The van der Waals surface area contributed by atoms with E-state index < -0.39 is 0 Å². The minimum Gasteiger partial charge on any atom is -0.372 e. The molecular formula is C17H21ClN4O3S. The van der Waals surface area contributed by atoms with Crippen molar-refractivity contribution in [1.82, 2.24) is 14.7 Å². The van der Waals surface area contributed by atoms with Gasteiger partial charge in [0.1, 0.15) is 6.54 Å². The Balaban J connectivity index is 1.52. The minimum atomic E-state index is -0.331. The van der Waals surface area contributed by atoms with Gasteiger partial charge in [0, 0.05) is 24.2 Å². The van der Waals surface area contributed by atoms with Gasteiger partial charge >= 0.3 is 0 Å². The maximum absolute atomic E-state index is 12.4. The second kappa shape index (κ2) is 7.77. The standard InChI is InChI=1S/C17H21ClN4O3S/c1-17(2)11-21(5-6-25-17)16(24)10-22-9-12(8-19-22)20-15(23)7-13-3-4-14(18)26-13/h3-4,8-9H,5-7,10-11H2,1-2H3,(H,20,23). The van der Waals surface area contributed by atoms with Crippen LogP contribution in [0.15, 0.2) is 24.5 Å². The number of nitrogens with zero attached hydrogens (tertiary/aromatic N) is 3. The van der Waals surface area contributed by atoms with E-state index in [9.17, 15) is 9.59 Å². The highest BCUT2D eigenvalue weighted by molar-refractivity contribution is 7.16. The van der Waals surface area contributed by atoms with E-state index in [1.807, 2.05) is 19.9 Å². The van der Waals surface area contributed by atoms with Gasteiger partial charge in [0.15, 0.2) is 0 Å². The number of hydrogen-bond donors (Lipinski definition) is 1. The van der Waals surface area contributed by atoms with Gasteiger partial charge in [0.2, 0.25) is 11.8 Å². The van der Waals surface area contributed by atoms with Crippen LogP contribution in [0.4, 0.5) is 5.69 Å². The lowest BCUT2D eigenvalue weighted by Gasteiger charge is -2.38. The maximum Gasteiger partial charge on any atom is 0.244 e. The maximum atomic E-state index is 12.4. The Morgan fingerprint density at radius 3 is 2.92 bits per heavy atom. The van der Waals surface area contributed by atoms with Crippen molar-refractivity contribution in [3.05, 3.63) is 33.7 Å². The number of hydrogen-bond acceptors (Lipinski definition) is 5. The van der Waals surface area contributed by atoms with Crippen LogP contribution in [0.1, 0.15) is 18.7 Å². The van der Waals surface area contributed by atoms with Crippen LogP contribution >= 0.6 is 22.9 Å². The molecule has 0 unspecified atom stereocenters. The Labute approximate surface area is 160 Å². The Morgan fingerprint density at radius 1 is 1.42 bits per heavy atom. The minimum absolute atomic E-state index is 0.0180. The number of ether oxygens (including phenoxy) is 1. The fraction of sp³-hybridized carbons (Fsp3) is 0.471. The van der Waals surface area contributed by atoms with Gasteiger partial charge in [0.05, 0.1) is 34.8 Å². The highest BCUT2D eigenvalue weighted by Crippen LogP contribution is 2.22. The molecule has 1 saturated heterocycles. The van der Waals surface area contributed by atoms with Crippen LogP contribution in [0, 0.1) is 0 Å². The molecule has 2 amide bonds. The molecule has 0 aliphatic carbocycles. The zero-order chi connectivity index (χ0) is 18.7. The van der Waals surface area contributed by atoms with Gasteiger partial charge in [0.25, 0.3) is 0 Å². The quantitative estimate of drug-likeness (QED) is 0.842. The summed E-state index contributed by atoms with van der Waals surface area (Å²) in [6.07, 6.45) is 3.45. The zero-order valence-electron chi connectivity index (χ0n) is 14.7. The molecule has 3 heterocycles. The molecule has 9 heteroatoms. The lowest BCUT2D eigenvalue weighted by molar-refractivity contribution is -0.146. The van der Waals surface area contributed by atoms with Gasteiger partial charge < -0.3 is 15.0 Å². The predicted octanol–water partition coefficient (Wildman–Crippen LogP) is 2.42. The topological polar surface area (TPSA) is 76.5 Å². The van der Waals surface area contributed by atoms with Crippen molar-refractivity contribution in [2.24, 2.45) is 0 Å². The summed E-state index contributed by atoms with van der Waals surface area (Å²) in [5, 5.41) is 6.94. The molecule has 1 aliphatic rings. The van der Waals surface area contributed by atoms with Crippen LogP contribution in [0.5, 0.6) is 0 Å². The highest BCUT2D eigenvalue weighted by atomic mass is 35.5. The third-order valence-electron chi connectivity index (χ3n) is 3.96. The Bertz CT molecular complexity index is 802. The van der Waals surface area contributed by atoms with Gasteiger partial charge in [-0.05, 0) is 26.0 Å². The summed E-state index contributed by atoms with van der Waals surface area (Å²) in [6.45, 7) is 5.73. The Hall–Kier alpha value is -1.90. The second-order valence-electron chi connectivity index (χ2n) is 6.78. The molecule has 1 aliphatic heterocycles. The summed E-state index contributed by atoms with van der Waals surface area (Å²) < 4.78 is 7.81. The van der Waals surface area contributed by atoms with Crippen molar-refractivity contribution >= 4 is 40.4 Å². The van der Waals surface area contributed by atoms with Crippen LogP contribution in [-0.2, 0) is 27.3 Å². The van der Waals surface area contributed by atoms with Gasteiger partial charge in [-0.1, -0.05) is 11.6 Å². The zero-order valence-corrected chi connectivity index (χ0v) is 16.3. The van der Waals surface area contributed by atoms with E-state index in [1.54, 1.807) is 17.2 Å². The van der Waals surface area contributed by atoms with E-state index in [0.717, 1.165) is 4.88 Å². The molecular weight excluding hydrogens is 376 g/mol. The largest absolute Gasteiger partial charge is 0.372 e. The average Bonchev–Trinajstić information content (AvgIpc) is 3.15. The first-order valence-corrected chi connectivity index (χ1v) is 9.48. The molecule has 0 saturated carbocycles. The highest BCUT2D eigenvalue weighted by Gasteiger charge is 2.29. The summed E-state index contributed by atoms with van der Waals surface area (Å²) in [4.78, 5) is 27.2.